The lowest BCUT2D eigenvalue weighted by molar-refractivity contribution is 0.0523. The molecule has 134 valence electrons. The van der Waals surface area contributed by atoms with Crippen LogP contribution in [-0.4, -0.2) is 74.1 Å². The SMILES string of the molecule is COc1cc(OC)c(OC)cc1CN1C[C@@H]2C[C@@H](O)CN2C[C@@H]1C. The molecule has 2 aliphatic rings. The quantitative estimate of drug-likeness (QED) is 0.876. The van der Waals surface area contributed by atoms with Crippen molar-refractivity contribution in [3.63, 3.8) is 0 Å². The van der Waals surface area contributed by atoms with E-state index in [-0.39, 0.29) is 6.10 Å². The Labute approximate surface area is 143 Å². The van der Waals surface area contributed by atoms with E-state index in [4.69, 9.17) is 14.2 Å². The zero-order valence-electron chi connectivity index (χ0n) is 15.0. The highest BCUT2D eigenvalue weighted by atomic mass is 16.5. The second kappa shape index (κ2) is 7.17. The van der Waals surface area contributed by atoms with Crippen LogP contribution in [0.1, 0.15) is 18.9 Å². The Hall–Kier alpha value is -1.50. The second-order valence-electron chi connectivity index (χ2n) is 6.79. The fourth-order valence-electron chi connectivity index (χ4n) is 3.93. The minimum Gasteiger partial charge on any atom is -0.496 e. The summed E-state index contributed by atoms with van der Waals surface area (Å²) in [5.74, 6) is 2.21. The van der Waals surface area contributed by atoms with Crippen LogP contribution >= 0.6 is 0 Å². The molecule has 2 fully saturated rings. The van der Waals surface area contributed by atoms with Crippen molar-refractivity contribution in [3.05, 3.63) is 17.7 Å². The molecule has 2 aliphatic heterocycles. The third kappa shape index (κ3) is 3.31. The van der Waals surface area contributed by atoms with Gasteiger partial charge in [0.1, 0.15) is 5.75 Å². The summed E-state index contributed by atoms with van der Waals surface area (Å²) < 4.78 is 16.4. The number of piperazine rings is 1. The van der Waals surface area contributed by atoms with Gasteiger partial charge in [0.2, 0.25) is 0 Å². The van der Waals surface area contributed by atoms with Crippen LogP contribution in [0.4, 0.5) is 0 Å². The first-order chi connectivity index (χ1) is 11.5. The van der Waals surface area contributed by atoms with E-state index in [9.17, 15) is 5.11 Å². The minimum atomic E-state index is -0.183. The van der Waals surface area contributed by atoms with Crippen molar-refractivity contribution in [1.29, 1.82) is 0 Å². The summed E-state index contributed by atoms with van der Waals surface area (Å²) in [5, 5.41) is 9.92. The molecule has 3 atom stereocenters. The number of aliphatic hydroxyl groups excluding tert-OH is 1. The summed E-state index contributed by atoms with van der Waals surface area (Å²) in [7, 11) is 4.96. The summed E-state index contributed by atoms with van der Waals surface area (Å²) in [4.78, 5) is 4.88. The normalized spacial score (nSPS) is 27.8. The van der Waals surface area contributed by atoms with E-state index in [0.717, 1.165) is 49.7 Å². The lowest BCUT2D eigenvalue weighted by Crippen LogP contribution is -2.54. The largest absolute Gasteiger partial charge is 0.496 e. The third-order valence-electron chi connectivity index (χ3n) is 5.23. The molecule has 0 bridgehead atoms. The van der Waals surface area contributed by atoms with Crippen molar-refractivity contribution in [1.82, 2.24) is 9.80 Å². The maximum absolute atomic E-state index is 9.92. The van der Waals surface area contributed by atoms with E-state index >= 15 is 0 Å². The fourth-order valence-corrected chi connectivity index (χ4v) is 3.93. The first-order valence-electron chi connectivity index (χ1n) is 8.50. The Morgan fingerprint density at radius 3 is 2.33 bits per heavy atom. The van der Waals surface area contributed by atoms with Crippen LogP contribution in [0, 0.1) is 0 Å². The van der Waals surface area contributed by atoms with Crippen molar-refractivity contribution in [2.45, 2.75) is 38.1 Å². The van der Waals surface area contributed by atoms with Gasteiger partial charge in [0.15, 0.2) is 11.5 Å². The molecule has 0 amide bonds. The number of rotatable bonds is 5. The van der Waals surface area contributed by atoms with Crippen molar-refractivity contribution in [2.24, 2.45) is 0 Å². The highest BCUT2D eigenvalue weighted by Crippen LogP contribution is 2.36. The van der Waals surface area contributed by atoms with Gasteiger partial charge in [-0.25, -0.2) is 0 Å². The number of fused-ring (bicyclic) bond motifs is 1. The van der Waals surface area contributed by atoms with Crippen LogP contribution in [0.2, 0.25) is 0 Å². The van der Waals surface area contributed by atoms with Gasteiger partial charge in [-0.05, 0) is 19.4 Å². The van der Waals surface area contributed by atoms with Gasteiger partial charge in [0.25, 0.3) is 0 Å². The Balaban J connectivity index is 1.79. The molecular weight excluding hydrogens is 308 g/mol. The van der Waals surface area contributed by atoms with E-state index < -0.39 is 0 Å². The van der Waals surface area contributed by atoms with Crippen LogP contribution < -0.4 is 14.2 Å². The molecule has 0 aliphatic carbocycles. The van der Waals surface area contributed by atoms with E-state index in [1.54, 1.807) is 21.3 Å². The number of aliphatic hydroxyl groups is 1. The standard InChI is InChI=1S/C18H28N2O4/c1-12-8-20-11-15(21)6-14(20)10-19(12)9-13-5-17(23-3)18(24-4)7-16(13)22-2/h5,7,12,14-15,21H,6,8-11H2,1-4H3/t12-,14-,15+/m0/s1. The van der Waals surface area contributed by atoms with Gasteiger partial charge in [-0.1, -0.05) is 0 Å². The molecule has 1 aromatic carbocycles. The summed E-state index contributed by atoms with van der Waals surface area (Å²) >= 11 is 0. The van der Waals surface area contributed by atoms with Crippen LogP contribution in [0.5, 0.6) is 17.2 Å². The number of benzene rings is 1. The third-order valence-corrected chi connectivity index (χ3v) is 5.23. The van der Waals surface area contributed by atoms with Gasteiger partial charge in [-0.2, -0.15) is 0 Å². The predicted octanol–water partition coefficient (Wildman–Crippen LogP) is 1.35. The van der Waals surface area contributed by atoms with E-state index in [1.165, 1.54) is 0 Å². The Kier molecular flexibility index (Phi) is 5.18. The predicted molar refractivity (Wildman–Crippen MR) is 92.0 cm³/mol. The van der Waals surface area contributed by atoms with E-state index in [0.29, 0.717) is 17.8 Å². The molecular formula is C18H28N2O4. The van der Waals surface area contributed by atoms with Crippen molar-refractivity contribution >= 4 is 0 Å². The zero-order valence-corrected chi connectivity index (χ0v) is 15.0. The second-order valence-corrected chi connectivity index (χ2v) is 6.79. The summed E-state index contributed by atoms with van der Waals surface area (Å²) in [6.45, 7) is 5.81. The average Bonchev–Trinajstić information content (AvgIpc) is 2.93. The number of methoxy groups -OCH3 is 3. The summed E-state index contributed by atoms with van der Waals surface area (Å²) in [6, 6.07) is 4.76. The maximum atomic E-state index is 9.92. The smallest absolute Gasteiger partial charge is 0.164 e. The van der Waals surface area contributed by atoms with Crippen LogP contribution in [-0.2, 0) is 6.54 Å². The highest BCUT2D eigenvalue weighted by Gasteiger charge is 2.38. The van der Waals surface area contributed by atoms with Gasteiger partial charge in [0, 0.05) is 49.9 Å². The molecule has 0 radical (unpaired) electrons. The first-order valence-corrected chi connectivity index (χ1v) is 8.50. The van der Waals surface area contributed by atoms with E-state index in [1.807, 2.05) is 12.1 Å². The Morgan fingerprint density at radius 2 is 1.67 bits per heavy atom. The van der Waals surface area contributed by atoms with E-state index in [2.05, 4.69) is 16.7 Å². The van der Waals surface area contributed by atoms with Crippen LogP contribution in [0.25, 0.3) is 0 Å². The molecule has 0 spiro atoms. The first kappa shape index (κ1) is 17.3. The number of ether oxygens (including phenoxy) is 3. The monoisotopic (exact) mass is 336 g/mol. The molecule has 24 heavy (non-hydrogen) atoms. The molecule has 0 aromatic heterocycles. The van der Waals surface area contributed by atoms with Crippen LogP contribution in [0.3, 0.4) is 0 Å². The van der Waals surface area contributed by atoms with Crippen LogP contribution in [0.15, 0.2) is 12.1 Å². The maximum Gasteiger partial charge on any atom is 0.164 e. The molecule has 0 unspecified atom stereocenters. The molecule has 2 saturated heterocycles. The highest BCUT2D eigenvalue weighted by molar-refractivity contribution is 5.50. The average molecular weight is 336 g/mol. The van der Waals surface area contributed by atoms with Crippen molar-refractivity contribution in [2.75, 3.05) is 41.0 Å². The number of hydrogen-bond donors (Lipinski definition) is 1. The molecule has 1 aromatic rings. The Bertz CT molecular complexity index is 580. The number of hydrogen-bond acceptors (Lipinski definition) is 6. The molecule has 6 heteroatoms. The number of nitrogens with zero attached hydrogens (tertiary/aromatic N) is 2. The van der Waals surface area contributed by atoms with Gasteiger partial charge in [-0.3, -0.25) is 9.80 Å². The molecule has 3 rings (SSSR count). The Morgan fingerprint density at radius 1 is 1.00 bits per heavy atom. The molecule has 1 N–H and O–H groups in total. The van der Waals surface area contributed by atoms with Gasteiger partial charge < -0.3 is 19.3 Å². The fraction of sp³-hybridized carbons (Fsp3) is 0.667. The zero-order chi connectivity index (χ0) is 17.3. The molecule has 2 heterocycles. The lowest BCUT2D eigenvalue weighted by atomic mass is 10.1. The topological polar surface area (TPSA) is 54.4 Å². The van der Waals surface area contributed by atoms with Gasteiger partial charge in [0.05, 0.1) is 27.4 Å². The molecule has 6 nitrogen and oxygen atoms in total. The van der Waals surface area contributed by atoms with Gasteiger partial charge in [-0.15, -0.1) is 0 Å². The molecule has 0 saturated carbocycles. The summed E-state index contributed by atoms with van der Waals surface area (Å²) in [5.41, 5.74) is 1.09. The van der Waals surface area contributed by atoms with Gasteiger partial charge >= 0.3 is 0 Å². The minimum absolute atomic E-state index is 0.183. The summed E-state index contributed by atoms with van der Waals surface area (Å²) in [6.07, 6.45) is 0.685. The lowest BCUT2D eigenvalue weighted by Gasteiger charge is -2.42. The van der Waals surface area contributed by atoms with Crippen molar-refractivity contribution in [3.8, 4) is 17.2 Å². The van der Waals surface area contributed by atoms with Crippen molar-refractivity contribution < 1.29 is 19.3 Å².